The van der Waals surface area contributed by atoms with Crippen LogP contribution in [0, 0.1) is 6.92 Å². The summed E-state index contributed by atoms with van der Waals surface area (Å²) < 4.78 is 1.74. The first-order valence-corrected chi connectivity index (χ1v) is 7.11. The van der Waals surface area contributed by atoms with Gasteiger partial charge < -0.3 is 10.0 Å². The average molecular weight is 295 g/mol. The molecular formula is C13H17N3O3S. The minimum Gasteiger partial charge on any atom is -0.480 e. The van der Waals surface area contributed by atoms with Gasteiger partial charge in [0, 0.05) is 19.5 Å². The van der Waals surface area contributed by atoms with Gasteiger partial charge in [0.25, 0.3) is 5.91 Å². The van der Waals surface area contributed by atoms with E-state index in [4.69, 9.17) is 5.11 Å². The van der Waals surface area contributed by atoms with Crippen molar-refractivity contribution in [2.45, 2.75) is 26.3 Å². The molecule has 0 saturated carbocycles. The highest BCUT2D eigenvalue weighted by molar-refractivity contribution is 7.20. The first-order chi connectivity index (χ1) is 9.36. The molecular weight excluding hydrogens is 278 g/mol. The summed E-state index contributed by atoms with van der Waals surface area (Å²) in [4.78, 5) is 26.3. The molecule has 2 aromatic rings. The second-order valence-corrected chi connectivity index (χ2v) is 5.75. The zero-order valence-corrected chi connectivity index (χ0v) is 12.7. The molecule has 2 rings (SSSR count). The molecule has 0 aromatic carbocycles. The summed E-state index contributed by atoms with van der Waals surface area (Å²) in [6, 6.07) is 0.988. The van der Waals surface area contributed by atoms with Gasteiger partial charge in [-0.15, -0.1) is 11.3 Å². The van der Waals surface area contributed by atoms with E-state index >= 15 is 0 Å². The van der Waals surface area contributed by atoms with Crippen LogP contribution >= 0.6 is 11.3 Å². The first kappa shape index (κ1) is 14.5. The summed E-state index contributed by atoms with van der Waals surface area (Å²) in [5.41, 5.74) is 0.866. The Hall–Kier alpha value is -1.89. The number of aliphatic carboxylic acids is 1. The topological polar surface area (TPSA) is 75.4 Å². The number of carboxylic acid groups (broad SMARTS) is 1. The van der Waals surface area contributed by atoms with Gasteiger partial charge in [-0.1, -0.05) is 6.92 Å². The second-order valence-electron chi connectivity index (χ2n) is 4.72. The van der Waals surface area contributed by atoms with E-state index in [0.29, 0.717) is 11.3 Å². The first-order valence-electron chi connectivity index (χ1n) is 6.29. The number of fused-ring (bicyclic) bond motifs is 1. The Morgan fingerprint density at radius 2 is 2.20 bits per heavy atom. The Kier molecular flexibility index (Phi) is 3.80. The molecule has 0 aliphatic carbocycles. The molecule has 1 unspecified atom stereocenters. The number of nitrogens with zero attached hydrogens (tertiary/aromatic N) is 3. The van der Waals surface area contributed by atoms with Crippen LogP contribution in [0.4, 0.5) is 0 Å². The number of hydrogen-bond donors (Lipinski definition) is 1. The van der Waals surface area contributed by atoms with Crippen molar-refractivity contribution in [1.29, 1.82) is 0 Å². The second kappa shape index (κ2) is 5.24. The van der Waals surface area contributed by atoms with Crippen molar-refractivity contribution < 1.29 is 14.7 Å². The normalized spacial score (nSPS) is 12.6. The molecule has 1 amide bonds. The molecule has 2 aromatic heterocycles. The number of amides is 1. The molecule has 1 atom stereocenters. The lowest BCUT2D eigenvalue weighted by Gasteiger charge is -2.22. The highest BCUT2D eigenvalue weighted by Crippen LogP contribution is 2.28. The van der Waals surface area contributed by atoms with E-state index in [0.717, 1.165) is 15.9 Å². The zero-order chi connectivity index (χ0) is 15.0. The van der Waals surface area contributed by atoms with E-state index in [1.807, 2.05) is 14.0 Å². The Morgan fingerprint density at radius 1 is 1.55 bits per heavy atom. The number of aryl methyl sites for hydroxylation is 2. The quantitative estimate of drug-likeness (QED) is 0.934. The number of likely N-dealkylation sites (N-methyl/N-ethyl adjacent to an activating group) is 1. The summed E-state index contributed by atoms with van der Waals surface area (Å²) in [7, 11) is 3.36. The van der Waals surface area contributed by atoms with E-state index < -0.39 is 12.0 Å². The van der Waals surface area contributed by atoms with Crippen molar-refractivity contribution in [1.82, 2.24) is 14.7 Å². The third kappa shape index (κ3) is 2.29. The van der Waals surface area contributed by atoms with Gasteiger partial charge in [0.1, 0.15) is 10.9 Å². The van der Waals surface area contributed by atoms with Crippen molar-refractivity contribution in [3.8, 4) is 0 Å². The summed E-state index contributed by atoms with van der Waals surface area (Å²) >= 11 is 1.34. The van der Waals surface area contributed by atoms with Crippen molar-refractivity contribution in [3.63, 3.8) is 0 Å². The van der Waals surface area contributed by atoms with E-state index in [-0.39, 0.29) is 5.91 Å². The molecule has 1 N–H and O–H groups in total. The van der Waals surface area contributed by atoms with Gasteiger partial charge in [-0.25, -0.2) is 4.79 Å². The van der Waals surface area contributed by atoms with Crippen molar-refractivity contribution >= 4 is 33.4 Å². The maximum Gasteiger partial charge on any atom is 0.326 e. The molecule has 6 nitrogen and oxygen atoms in total. The highest BCUT2D eigenvalue weighted by atomic mass is 32.1. The van der Waals surface area contributed by atoms with Crippen LogP contribution in [-0.2, 0) is 11.8 Å². The van der Waals surface area contributed by atoms with Gasteiger partial charge in [0.05, 0.1) is 10.6 Å². The minimum absolute atomic E-state index is 0.264. The SMILES string of the molecule is CCC(C(=O)O)N(C)C(=O)c1cc2c(C)nn(C)c2s1. The third-order valence-corrected chi connectivity index (χ3v) is 4.56. The smallest absolute Gasteiger partial charge is 0.326 e. The molecule has 0 saturated heterocycles. The Balaban J connectivity index is 2.35. The van der Waals surface area contributed by atoms with Gasteiger partial charge in [-0.05, 0) is 19.4 Å². The van der Waals surface area contributed by atoms with Crippen LogP contribution in [0.3, 0.4) is 0 Å². The van der Waals surface area contributed by atoms with Crippen LogP contribution in [0.25, 0.3) is 10.2 Å². The highest BCUT2D eigenvalue weighted by Gasteiger charge is 2.27. The lowest BCUT2D eigenvalue weighted by Crippen LogP contribution is -2.41. The number of rotatable bonds is 4. The molecule has 0 bridgehead atoms. The molecule has 0 spiro atoms. The minimum atomic E-state index is -0.984. The molecule has 0 radical (unpaired) electrons. The summed E-state index contributed by atoms with van der Waals surface area (Å²) in [6.07, 6.45) is 0.378. The fourth-order valence-corrected chi connectivity index (χ4v) is 3.35. The van der Waals surface area contributed by atoms with Gasteiger partial charge in [0.2, 0.25) is 0 Å². The van der Waals surface area contributed by atoms with E-state index in [1.54, 1.807) is 17.7 Å². The molecule has 20 heavy (non-hydrogen) atoms. The maximum atomic E-state index is 12.4. The maximum absolute atomic E-state index is 12.4. The van der Waals surface area contributed by atoms with Crippen LogP contribution in [0.15, 0.2) is 6.07 Å². The third-order valence-electron chi connectivity index (χ3n) is 3.37. The van der Waals surface area contributed by atoms with Crippen LogP contribution in [-0.4, -0.2) is 44.8 Å². The Labute approximate surface area is 120 Å². The summed E-state index contributed by atoms with van der Waals surface area (Å²) in [6.45, 7) is 3.64. The molecule has 7 heteroatoms. The van der Waals surface area contributed by atoms with Crippen LogP contribution in [0.1, 0.15) is 28.7 Å². The summed E-state index contributed by atoms with van der Waals surface area (Å²) in [5, 5.41) is 14.3. The lowest BCUT2D eigenvalue weighted by atomic mass is 10.2. The van der Waals surface area contributed by atoms with E-state index in [2.05, 4.69) is 5.10 Å². The van der Waals surface area contributed by atoms with Crippen LogP contribution < -0.4 is 0 Å². The molecule has 0 aliphatic heterocycles. The van der Waals surface area contributed by atoms with Crippen molar-refractivity contribution in [3.05, 3.63) is 16.6 Å². The Morgan fingerprint density at radius 3 is 2.70 bits per heavy atom. The predicted molar refractivity (Wildman–Crippen MR) is 77.1 cm³/mol. The fourth-order valence-electron chi connectivity index (χ4n) is 2.24. The molecule has 2 heterocycles. The van der Waals surface area contributed by atoms with Crippen molar-refractivity contribution in [2.75, 3.05) is 7.05 Å². The number of carbonyl (C=O) groups is 2. The predicted octanol–water partition coefficient (Wildman–Crippen LogP) is 1.88. The standard InChI is InChI=1S/C13H17N3O3S/c1-5-9(13(18)19)15(3)11(17)10-6-8-7(2)14-16(4)12(8)20-10/h6,9H,5H2,1-4H3,(H,18,19). The monoisotopic (exact) mass is 295 g/mol. The lowest BCUT2D eigenvalue weighted by molar-refractivity contribution is -0.142. The molecule has 0 aliphatic rings. The van der Waals surface area contributed by atoms with Gasteiger partial charge >= 0.3 is 5.97 Å². The summed E-state index contributed by atoms with van der Waals surface area (Å²) in [5.74, 6) is -1.25. The van der Waals surface area contributed by atoms with Gasteiger partial charge in [-0.3, -0.25) is 9.48 Å². The van der Waals surface area contributed by atoms with Gasteiger partial charge in [-0.2, -0.15) is 5.10 Å². The number of carboxylic acids is 1. The average Bonchev–Trinajstić information content (AvgIpc) is 2.92. The zero-order valence-electron chi connectivity index (χ0n) is 11.9. The fraction of sp³-hybridized carbons (Fsp3) is 0.462. The van der Waals surface area contributed by atoms with Gasteiger partial charge in [0.15, 0.2) is 0 Å². The molecule has 108 valence electrons. The van der Waals surface area contributed by atoms with E-state index in [1.165, 1.54) is 23.3 Å². The van der Waals surface area contributed by atoms with Crippen LogP contribution in [0.2, 0.25) is 0 Å². The largest absolute Gasteiger partial charge is 0.480 e. The van der Waals surface area contributed by atoms with Crippen LogP contribution in [0.5, 0.6) is 0 Å². The molecule has 0 fully saturated rings. The number of hydrogen-bond acceptors (Lipinski definition) is 4. The Bertz CT molecular complexity index is 639. The number of carbonyl (C=O) groups excluding carboxylic acids is 1. The van der Waals surface area contributed by atoms with Crippen molar-refractivity contribution in [2.24, 2.45) is 7.05 Å². The number of aromatic nitrogens is 2. The number of thiophene rings is 1. The van der Waals surface area contributed by atoms with E-state index in [9.17, 15) is 9.59 Å².